The highest BCUT2D eigenvalue weighted by atomic mass is 35.5. The number of fused-ring (bicyclic) bond motifs is 1. The van der Waals surface area contributed by atoms with Gasteiger partial charge in [-0.15, -0.1) is 0 Å². The van der Waals surface area contributed by atoms with E-state index in [1.54, 1.807) is 19.9 Å². The van der Waals surface area contributed by atoms with Crippen LogP contribution in [-0.2, 0) is 9.53 Å². The van der Waals surface area contributed by atoms with Crippen molar-refractivity contribution in [3.05, 3.63) is 94.5 Å². The molecule has 5 atom stereocenters. The number of rotatable bonds is 6. The number of urea groups is 1. The van der Waals surface area contributed by atoms with E-state index in [4.69, 9.17) is 25.8 Å². The maximum atomic E-state index is 13.3. The summed E-state index contributed by atoms with van der Waals surface area (Å²) >= 11 is 6.73. The first-order chi connectivity index (χ1) is 19.4. The Hall–Kier alpha value is -3.71. The standard InChI is InChI=1S/C32H33ClN2O5/c1-19(2)39-28(36)18-38-27-17-26-22(16-25(27)33)29(20-10-5-3-6-11-20)23-14-9-15-24-30(21-12-7-4-8-13-21)34-31(37)35-32(23,24)40-26/h3-8,10-13,16-17,19,23-24,29-30H,9,14-15,18H2,1-2H3,(H2,34,35,37)/t23-,24+,29-,30+,32+/m0/s1. The van der Waals surface area contributed by atoms with Crippen LogP contribution >= 0.6 is 11.6 Å². The molecule has 0 unspecified atom stereocenters. The molecule has 3 aliphatic rings. The van der Waals surface area contributed by atoms with Crippen molar-refractivity contribution in [3.63, 3.8) is 0 Å². The van der Waals surface area contributed by atoms with E-state index in [0.29, 0.717) is 16.5 Å². The third-order valence-corrected chi connectivity index (χ3v) is 8.54. The lowest BCUT2D eigenvalue weighted by molar-refractivity contribution is -0.149. The summed E-state index contributed by atoms with van der Waals surface area (Å²) in [5, 5.41) is 6.83. The second kappa shape index (κ2) is 10.7. The Morgan fingerprint density at radius 3 is 2.40 bits per heavy atom. The molecule has 1 spiro atoms. The molecule has 2 fully saturated rings. The van der Waals surface area contributed by atoms with Crippen LogP contribution in [0.2, 0.25) is 5.02 Å². The Morgan fingerprint density at radius 1 is 1.02 bits per heavy atom. The van der Waals surface area contributed by atoms with Gasteiger partial charge in [-0.05, 0) is 43.9 Å². The van der Waals surface area contributed by atoms with Crippen LogP contribution in [0.15, 0.2) is 72.8 Å². The number of nitrogens with one attached hydrogen (secondary N) is 2. The second-order valence-electron chi connectivity index (χ2n) is 11.1. The van der Waals surface area contributed by atoms with Crippen molar-refractivity contribution >= 4 is 23.6 Å². The molecular weight excluding hydrogens is 528 g/mol. The van der Waals surface area contributed by atoms with Crippen LogP contribution < -0.4 is 20.1 Å². The Morgan fingerprint density at radius 2 is 1.70 bits per heavy atom. The van der Waals surface area contributed by atoms with Gasteiger partial charge in [0.25, 0.3) is 0 Å². The number of amides is 2. The molecule has 208 valence electrons. The molecule has 0 bridgehead atoms. The molecule has 1 aliphatic carbocycles. The van der Waals surface area contributed by atoms with E-state index in [-0.39, 0.29) is 42.5 Å². The predicted molar refractivity (Wildman–Crippen MR) is 152 cm³/mol. The molecule has 6 rings (SSSR count). The van der Waals surface area contributed by atoms with Crippen molar-refractivity contribution < 1.29 is 23.8 Å². The van der Waals surface area contributed by atoms with E-state index in [1.165, 1.54) is 0 Å². The summed E-state index contributed by atoms with van der Waals surface area (Å²) in [6.07, 6.45) is 2.53. The molecule has 3 aromatic carbocycles. The van der Waals surface area contributed by atoms with E-state index in [2.05, 4.69) is 34.9 Å². The average molecular weight is 561 g/mol. The molecule has 2 amide bonds. The Balaban J connectivity index is 1.45. The molecular formula is C32H33ClN2O5. The van der Waals surface area contributed by atoms with Crippen LogP contribution in [0.4, 0.5) is 4.79 Å². The van der Waals surface area contributed by atoms with Gasteiger partial charge in [0.1, 0.15) is 11.5 Å². The first kappa shape index (κ1) is 26.5. The molecule has 7 nitrogen and oxygen atoms in total. The normalized spacial score (nSPS) is 26.8. The van der Waals surface area contributed by atoms with Gasteiger partial charge in [0, 0.05) is 29.4 Å². The quantitative estimate of drug-likeness (QED) is 0.343. The monoisotopic (exact) mass is 560 g/mol. The van der Waals surface area contributed by atoms with Gasteiger partial charge in [0.2, 0.25) is 0 Å². The Bertz CT molecular complexity index is 1400. The van der Waals surface area contributed by atoms with Crippen molar-refractivity contribution in [1.29, 1.82) is 0 Å². The van der Waals surface area contributed by atoms with Gasteiger partial charge in [-0.25, -0.2) is 9.59 Å². The van der Waals surface area contributed by atoms with Gasteiger partial charge in [0.05, 0.1) is 17.2 Å². The number of hydrogen-bond acceptors (Lipinski definition) is 5. The van der Waals surface area contributed by atoms with Crippen molar-refractivity contribution in [2.75, 3.05) is 6.61 Å². The fourth-order valence-corrected chi connectivity index (χ4v) is 7.01. The fraction of sp³-hybridized carbons (Fsp3) is 0.375. The lowest BCUT2D eigenvalue weighted by Gasteiger charge is -2.58. The minimum atomic E-state index is -0.948. The molecule has 0 aromatic heterocycles. The first-order valence-corrected chi connectivity index (χ1v) is 14.3. The van der Waals surface area contributed by atoms with Gasteiger partial charge in [-0.1, -0.05) is 78.7 Å². The zero-order valence-corrected chi connectivity index (χ0v) is 23.3. The van der Waals surface area contributed by atoms with Crippen molar-refractivity contribution in [3.8, 4) is 11.5 Å². The summed E-state index contributed by atoms with van der Waals surface area (Å²) in [4.78, 5) is 25.5. The fourth-order valence-electron chi connectivity index (χ4n) is 6.78. The summed E-state index contributed by atoms with van der Waals surface area (Å²) in [7, 11) is 0. The zero-order valence-electron chi connectivity index (χ0n) is 22.6. The largest absolute Gasteiger partial charge is 0.480 e. The molecule has 2 heterocycles. The topological polar surface area (TPSA) is 85.9 Å². The van der Waals surface area contributed by atoms with Crippen molar-refractivity contribution in [1.82, 2.24) is 10.6 Å². The summed E-state index contributed by atoms with van der Waals surface area (Å²) in [6, 6.07) is 23.6. The molecule has 1 saturated heterocycles. The van der Waals surface area contributed by atoms with Crippen LogP contribution in [-0.4, -0.2) is 30.4 Å². The molecule has 0 radical (unpaired) electrons. The number of benzene rings is 3. The summed E-state index contributed by atoms with van der Waals surface area (Å²) in [5.74, 6) is 0.320. The number of ether oxygens (including phenoxy) is 3. The minimum Gasteiger partial charge on any atom is -0.480 e. The van der Waals surface area contributed by atoms with Crippen LogP contribution in [0.3, 0.4) is 0 Å². The lowest BCUT2D eigenvalue weighted by atomic mass is 9.60. The Labute approximate surface area is 239 Å². The first-order valence-electron chi connectivity index (χ1n) is 13.9. The summed E-state index contributed by atoms with van der Waals surface area (Å²) < 4.78 is 18.0. The third kappa shape index (κ3) is 4.77. The third-order valence-electron chi connectivity index (χ3n) is 8.24. The number of halogens is 1. The average Bonchev–Trinajstić information content (AvgIpc) is 2.94. The van der Waals surface area contributed by atoms with E-state index < -0.39 is 11.7 Å². The van der Waals surface area contributed by atoms with Crippen LogP contribution in [0, 0.1) is 11.8 Å². The number of carbonyl (C=O) groups is 2. The SMILES string of the molecule is CC(C)OC(=O)COc1cc2c(cc1Cl)[C@H](c1ccccc1)[C@@H]1CCC[C@@H]3[C@@H](c4ccccc4)NC(=O)N[C@]31O2. The van der Waals surface area contributed by atoms with Crippen LogP contribution in [0.25, 0.3) is 0 Å². The number of carbonyl (C=O) groups excluding carboxylic acids is 2. The molecule has 2 N–H and O–H groups in total. The van der Waals surface area contributed by atoms with Gasteiger partial charge in [0.15, 0.2) is 12.3 Å². The van der Waals surface area contributed by atoms with E-state index in [0.717, 1.165) is 36.0 Å². The molecule has 3 aromatic rings. The smallest absolute Gasteiger partial charge is 0.344 e. The number of hydrogen-bond donors (Lipinski definition) is 2. The summed E-state index contributed by atoms with van der Waals surface area (Å²) in [6.45, 7) is 3.30. The minimum absolute atomic E-state index is 0.0215. The van der Waals surface area contributed by atoms with Crippen molar-refractivity contribution in [2.24, 2.45) is 11.8 Å². The van der Waals surface area contributed by atoms with Crippen molar-refractivity contribution in [2.45, 2.75) is 56.9 Å². The second-order valence-corrected chi connectivity index (χ2v) is 11.5. The molecule has 2 aliphatic heterocycles. The van der Waals surface area contributed by atoms with Gasteiger partial charge in [-0.2, -0.15) is 0 Å². The molecule has 8 heteroatoms. The van der Waals surface area contributed by atoms with E-state index in [9.17, 15) is 9.59 Å². The predicted octanol–water partition coefficient (Wildman–Crippen LogP) is 6.36. The highest BCUT2D eigenvalue weighted by molar-refractivity contribution is 6.32. The van der Waals surface area contributed by atoms with Crippen LogP contribution in [0.1, 0.15) is 61.8 Å². The molecule has 1 saturated carbocycles. The maximum absolute atomic E-state index is 13.3. The zero-order chi connectivity index (χ0) is 27.9. The molecule has 40 heavy (non-hydrogen) atoms. The van der Waals surface area contributed by atoms with E-state index in [1.807, 2.05) is 42.5 Å². The lowest BCUT2D eigenvalue weighted by Crippen LogP contribution is -2.73. The highest BCUT2D eigenvalue weighted by Crippen LogP contribution is 2.58. The maximum Gasteiger partial charge on any atom is 0.344 e. The van der Waals surface area contributed by atoms with Gasteiger partial charge < -0.3 is 19.5 Å². The highest BCUT2D eigenvalue weighted by Gasteiger charge is 2.61. The van der Waals surface area contributed by atoms with E-state index >= 15 is 0 Å². The van der Waals surface area contributed by atoms with Gasteiger partial charge in [-0.3, -0.25) is 5.32 Å². The van der Waals surface area contributed by atoms with Gasteiger partial charge >= 0.3 is 12.0 Å². The Kier molecular flexibility index (Phi) is 7.09. The summed E-state index contributed by atoms with van der Waals surface area (Å²) in [5.41, 5.74) is 2.17. The number of esters is 1. The van der Waals surface area contributed by atoms with Crippen LogP contribution in [0.5, 0.6) is 11.5 Å².